The van der Waals surface area contributed by atoms with Crippen LogP contribution >= 0.6 is 0 Å². The van der Waals surface area contributed by atoms with Gasteiger partial charge in [0.05, 0.1) is 12.7 Å². The number of carbonyl (C=O) groups excluding carboxylic acids is 1. The zero-order valence-electron chi connectivity index (χ0n) is 14.8. The highest BCUT2D eigenvalue weighted by Gasteiger charge is 2.17. The molecule has 0 aromatic heterocycles. The van der Waals surface area contributed by atoms with E-state index >= 15 is 0 Å². The van der Waals surface area contributed by atoms with E-state index in [1.807, 2.05) is 0 Å². The fourth-order valence-electron chi connectivity index (χ4n) is 2.53. The molecule has 0 aliphatic rings. The van der Waals surface area contributed by atoms with Gasteiger partial charge >= 0.3 is 0 Å². The standard InChI is InChI=1S/C21H24O4/c1-14(2)4-10-18-20(25-3)13-11-17(21(18)24)19(23)12-7-15-5-8-16(22)9-6-15/h5-9,11-14,22,24H,4,10H2,1-3H3/b12-7+. The number of aromatic hydroxyl groups is 2. The van der Waals surface area contributed by atoms with Gasteiger partial charge in [0, 0.05) is 5.56 Å². The number of hydrogen-bond donors (Lipinski definition) is 2. The third-order valence-corrected chi connectivity index (χ3v) is 4.02. The van der Waals surface area contributed by atoms with Crippen LogP contribution in [0.3, 0.4) is 0 Å². The first-order valence-corrected chi connectivity index (χ1v) is 8.32. The predicted molar refractivity (Wildman–Crippen MR) is 99.3 cm³/mol. The van der Waals surface area contributed by atoms with Gasteiger partial charge in [-0.15, -0.1) is 0 Å². The van der Waals surface area contributed by atoms with Gasteiger partial charge in [0.2, 0.25) is 0 Å². The van der Waals surface area contributed by atoms with Crippen molar-refractivity contribution < 1.29 is 19.7 Å². The lowest BCUT2D eigenvalue weighted by molar-refractivity contribution is 0.104. The largest absolute Gasteiger partial charge is 0.508 e. The van der Waals surface area contributed by atoms with Crippen molar-refractivity contribution in [3.63, 3.8) is 0 Å². The molecule has 0 amide bonds. The highest BCUT2D eigenvalue weighted by molar-refractivity contribution is 6.09. The van der Waals surface area contributed by atoms with E-state index in [-0.39, 0.29) is 22.8 Å². The van der Waals surface area contributed by atoms with E-state index in [9.17, 15) is 15.0 Å². The van der Waals surface area contributed by atoms with Crippen LogP contribution in [-0.4, -0.2) is 23.1 Å². The number of hydrogen-bond acceptors (Lipinski definition) is 4. The summed E-state index contributed by atoms with van der Waals surface area (Å²) in [5, 5.41) is 19.8. The van der Waals surface area contributed by atoms with Crippen molar-refractivity contribution in [2.75, 3.05) is 7.11 Å². The van der Waals surface area contributed by atoms with Crippen molar-refractivity contribution in [2.45, 2.75) is 26.7 Å². The van der Waals surface area contributed by atoms with Gasteiger partial charge in [0.15, 0.2) is 5.78 Å². The van der Waals surface area contributed by atoms with Crippen molar-refractivity contribution in [1.82, 2.24) is 0 Å². The Morgan fingerprint density at radius 2 is 1.80 bits per heavy atom. The van der Waals surface area contributed by atoms with Gasteiger partial charge in [-0.05, 0) is 54.7 Å². The van der Waals surface area contributed by atoms with E-state index in [4.69, 9.17) is 4.74 Å². The Bertz CT molecular complexity index is 758. The molecule has 0 saturated carbocycles. The molecule has 0 atom stereocenters. The summed E-state index contributed by atoms with van der Waals surface area (Å²) in [5.74, 6) is 0.959. The minimum atomic E-state index is -0.279. The van der Waals surface area contributed by atoms with Crippen LogP contribution in [0.5, 0.6) is 17.2 Å². The fraction of sp³-hybridized carbons (Fsp3) is 0.286. The molecular weight excluding hydrogens is 316 g/mol. The number of phenols is 2. The summed E-state index contributed by atoms with van der Waals surface area (Å²) in [6.45, 7) is 4.22. The summed E-state index contributed by atoms with van der Waals surface area (Å²) in [6.07, 6.45) is 4.61. The zero-order valence-corrected chi connectivity index (χ0v) is 14.8. The van der Waals surface area contributed by atoms with E-state index in [1.165, 1.54) is 6.08 Å². The average Bonchev–Trinajstić information content (AvgIpc) is 2.59. The van der Waals surface area contributed by atoms with Crippen LogP contribution in [0, 0.1) is 5.92 Å². The lowest BCUT2D eigenvalue weighted by atomic mass is 9.97. The Morgan fingerprint density at radius 1 is 1.12 bits per heavy atom. The molecule has 132 valence electrons. The number of ketones is 1. The quantitative estimate of drug-likeness (QED) is 0.571. The van der Waals surface area contributed by atoms with E-state index in [0.717, 1.165) is 12.0 Å². The molecule has 4 nitrogen and oxygen atoms in total. The van der Waals surface area contributed by atoms with Crippen LogP contribution in [-0.2, 0) is 6.42 Å². The van der Waals surface area contributed by atoms with Gasteiger partial charge in [-0.2, -0.15) is 0 Å². The summed E-state index contributed by atoms with van der Waals surface area (Å²) in [4.78, 5) is 12.5. The number of benzene rings is 2. The Balaban J connectivity index is 2.26. The average molecular weight is 340 g/mol. The molecule has 0 aliphatic carbocycles. The molecule has 0 aliphatic heterocycles. The lowest BCUT2D eigenvalue weighted by Crippen LogP contribution is -2.02. The van der Waals surface area contributed by atoms with E-state index in [1.54, 1.807) is 49.6 Å². The first-order valence-electron chi connectivity index (χ1n) is 8.32. The topological polar surface area (TPSA) is 66.8 Å². The van der Waals surface area contributed by atoms with E-state index < -0.39 is 0 Å². The number of allylic oxidation sites excluding steroid dienone is 1. The maximum absolute atomic E-state index is 12.5. The van der Waals surface area contributed by atoms with Crippen LogP contribution in [0.1, 0.15) is 41.8 Å². The zero-order chi connectivity index (χ0) is 18.4. The van der Waals surface area contributed by atoms with E-state index in [0.29, 0.717) is 23.7 Å². The minimum Gasteiger partial charge on any atom is -0.508 e. The summed E-state index contributed by atoms with van der Waals surface area (Å²) in [5.41, 5.74) is 1.72. The van der Waals surface area contributed by atoms with Gasteiger partial charge in [0.25, 0.3) is 0 Å². The summed E-state index contributed by atoms with van der Waals surface area (Å²) in [6, 6.07) is 9.83. The molecule has 0 fully saturated rings. The lowest BCUT2D eigenvalue weighted by Gasteiger charge is -2.14. The van der Waals surface area contributed by atoms with Gasteiger partial charge < -0.3 is 14.9 Å². The Kier molecular flexibility index (Phi) is 6.23. The molecule has 2 aromatic rings. The molecule has 2 N–H and O–H groups in total. The predicted octanol–water partition coefficient (Wildman–Crippen LogP) is 4.59. The third kappa shape index (κ3) is 4.86. The molecule has 2 rings (SSSR count). The SMILES string of the molecule is COc1ccc(C(=O)/C=C/c2ccc(O)cc2)c(O)c1CCC(C)C. The first kappa shape index (κ1) is 18.6. The van der Waals surface area contributed by atoms with Gasteiger partial charge in [-0.3, -0.25) is 4.79 Å². The van der Waals surface area contributed by atoms with Crippen LogP contribution in [0.15, 0.2) is 42.5 Å². The minimum absolute atomic E-state index is 0.0136. The van der Waals surface area contributed by atoms with Crippen molar-refractivity contribution in [3.05, 3.63) is 59.2 Å². The highest BCUT2D eigenvalue weighted by Crippen LogP contribution is 2.33. The van der Waals surface area contributed by atoms with Gasteiger partial charge in [-0.1, -0.05) is 32.1 Å². The first-order chi connectivity index (χ1) is 11.9. The number of phenolic OH excluding ortho intramolecular Hbond substituents is 2. The maximum Gasteiger partial charge on any atom is 0.189 e. The van der Waals surface area contributed by atoms with Gasteiger partial charge in [-0.25, -0.2) is 0 Å². The number of carbonyl (C=O) groups is 1. The van der Waals surface area contributed by atoms with Crippen molar-refractivity contribution >= 4 is 11.9 Å². The molecular formula is C21H24O4. The highest BCUT2D eigenvalue weighted by atomic mass is 16.5. The van der Waals surface area contributed by atoms with Gasteiger partial charge in [0.1, 0.15) is 17.2 Å². The molecule has 0 unspecified atom stereocenters. The van der Waals surface area contributed by atoms with Crippen LogP contribution in [0.4, 0.5) is 0 Å². The second-order valence-electron chi connectivity index (χ2n) is 6.36. The Morgan fingerprint density at radius 3 is 2.40 bits per heavy atom. The molecule has 0 bridgehead atoms. The second kappa shape index (κ2) is 8.38. The molecule has 25 heavy (non-hydrogen) atoms. The van der Waals surface area contributed by atoms with Crippen molar-refractivity contribution in [2.24, 2.45) is 5.92 Å². The summed E-state index contributed by atoms with van der Waals surface area (Å²) >= 11 is 0. The normalized spacial score (nSPS) is 11.2. The summed E-state index contributed by atoms with van der Waals surface area (Å²) in [7, 11) is 1.56. The fourth-order valence-corrected chi connectivity index (χ4v) is 2.53. The molecule has 0 spiro atoms. The molecule has 0 saturated heterocycles. The van der Waals surface area contributed by atoms with E-state index in [2.05, 4.69) is 13.8 Å². The third-order valence-electron chi connectivity index (χ3n) is 4.02. The van der Waals surface area contributed by atoms with Crippen molar-refractivity contribution in [3.8, 4) is 17.2 Å². The van der Waals surface area contributed by atoms with Crippen molar-refractivity contribution in [1.29, 1.82) is 0 Å². The van der Waals surface area contributed by atoms with Crippen LogP contribution < -0.4 is 4.74 Å². The smallest absolute Gasteiger partial charge is 0.189 e. The summed E-state index contributed by atoms with van der Waals surface area (Å²) < 4.78 is 5.32. The maximum atomic E-state index is 12.5. The van der Waals surface area contributed by atoms with Crippen LogP contribution in [0.2, 0.25) is 0 Å². The monoisotopic (exact) mass is 340 g/mol. The molecule has 4 heteroatoms. The molecule has 0 radical (unpaired) electrons. The molecule has 0 heterocycles. The second-order valence-corrected chi connectivity index (χ2v) is 6.36. The number of rotatable bonds is 7. The Labute approximate surface area is 148 Å². The number of ether oxygens (including phenoxy) is 1. The number of methoxy groups -OCH3 is 1. The Hall–Kier alpha value is -2.75. The van der Waals surface area contributed by atoms with Crippen LogP contribution in [0.25, 0.3) is 6.08 Å². The molecule has 2 aromatic carbocycles.